The molecule has 1 N–H and O–H groups in total. The van der Waals surface area contributed by atoms with Crippen LogP contribution < -0.4 is 4.74 Å². The van der Waals surface area contributed by atoms with Crippen LogP contribution in [0.4, 0.5) is 0 Å². The Morgan fingerprint density at radius 3 is 3.00 bits per heavy atom. The molecule has 0 aliphatic carbocycles. The van der Waals surface area contributed by atoms with Crippen LogP contribution in [0.25, 0.3) is 0 Å². The lowest BCUT2D eigenvalue weighted by atomic mass is 10.2. The maximum absolute atomic E-state index is 11.0. The van der Waals surface area contributed by atoms with E-state index in [4.69, 9.17) is 14.6 Å². The van der Waals surface area contributed by atoms with Gasteiger partial charge in [0, 0.05) is 19.7 Å². The second kappa shape index (κ2) is 7.26. The van der Waals surface area contributed by atoms with E-state index in [9.17, 15) is 4.79 Å². The largest absolute Gasteiger partial charge is 0.491 e. The van der Waals surface area contributed by atoms with Crippen molar-refractivity contribution in [3.8, 4) is 5.75 Å². The normalized spacial score (nSPS) is 18.4. The molecule has 1 fully saturated rings. The molecular formula is C15H21NO4. The van der Waals surface area contributed by atoms with Gasteiger partial charge >= 0.3 is 5.97 Å². The van der Waals surface area contributed by atoms with Gasteiger partial charge in [0.2, 0.25) is 0 Å². The van der Waals surface area contributed by atoms with Crippen molar-refractivity contribution in [3.63, 3.8) is 0 Å². The lowest BCUT2D eigenvalue weighted by Crippen LogP contribution is -2.32. The zero-order chi connectivity index (χ0) is 14.4. The van der Waals surface area contributed by atoms with E-state index in [-0.39, 0.29) is 5.56 Å². The summed E-state index contributed by atoms with van der Waals surface area (Å²) < 4.78 is 11.1. The summed E-state index contributed by atoms with van der Waals surface area (Å²) in [6, 6.07) is 6.70. The average Bonchev–Trinajstić information content (AvgIpc) is 2.92. The summed E-state index contributed by atoms with van der Waals surface area (Å²) in [7, 11) is 2.02. The first-order chi connectivity index (χ1) is 9.66. The minimum Gasteiger partial charge on any atom is -0.491 e. The smallest absolute Gasteiger partial charge is 0.339 e. The predicted octanol–water partition coefficient (Wildman–Crippen LogP) is 1.87. The number of aromatic carboxylic acids is 1. The second-order valence-electron chi connectivity index (χ2n) is 5.05. The Morgan fingerprint density at radius 2 is 2.30 bits per heavy atom. The number of para-hydroxylation sites is 1. The molecule has 5 heteroatoms. The number of carbonyl (C=O) groups is 1. The highest BCUT2D eigenvalue weighted by molar-refractivity contribution is 5.90. The molecule has 1 aromatic rings. The molecule has 1 aliphatic heterocycles. The second-order valence-corrected chi connectivity index (χ2v) is 5.05. The van der Waals surface area contributed by atoms with Crippen molar-refractivity contribution in [2.24, 2.45) is 0 Å². The van der Waals surface area contributed by atoms with Crippen LogP contribution in [-0.4, -0.2) is 55.4 Å². The molecule has 1 atom stereocenters. The molecule has 20 heavy (non-hydrogen) atoms. The summed E-state index contributed by atoms with van der Waals surface area (Å²) in [5.74, 6) is -0.543. The van der Waals surface area contributed by atoms with Gasteiger partial charge in [-0.1, -0.05) is 12.1 Å². The van der Waals surface area contributed by atoms with E-state index in [1.165, 1.54) is 0 Å². The first-order valence-electron chi connectivity index (χ1n) is 6.92. The van der Waals surface area contributed by atoms with Crippen molar-refractivity contribution in [2.45, 2.75) is 18.9 Å². The minimum atomic E-state index is -0.965. The maximum Gasteiger partial charge on any atom is 0.339 e. The van der Waals surface area contributed by atoms with E-state index in [1.54, 1.807) is 24.3 Å². The van der Waals surface area contributed by atoms with E-state index in [0.717, 1.165) is 32.5 Å². The maximum atomic E-state index is 11.0. The van der Waals surface area contributed by atoms with Crippen molar-refractivity contribution in [1.82, 2.24) is 4.90 Å². The van der Waals surface area contributed by atoms with E-state index in [0.29, 0.717) is 18.5 Å². The highest BCUT2D eigenvalue weighted by Crippen LogP contribution is 2.17. The molecule has 2 rings (SSSR count). The van der Waals surface area contributed by atoms with E-state index in [2.05, 4.69) is 4.90 Å². The summed E-state index contributed by atoms with van der Waals surface area (Å²) in [6.45, 7) is 2.96. The standard InChI is InChI=1S/C15H21NO4/c1-16(11-12-5-4-9-19-12)8-10-20-14-7-3-2-6-13(14)15(17)18/h2-3,6-7,12H,4-5,8-11H2,1H3,(H,17,18)/t12-/m1/s1. The van der Waals surface area contributed by atoms with Crippen molar-refractivity contribution < 1.29 is 19.4 Å². The number of carboxylic acids is 1. The zero-order valence-electron chi connectivity index (χ0n) is 11.7. The summed E-state index contributed by atoms with van der Waals surface area (Å²) in [6.07, 6.45) is 2.58. The third kappa shape index (κ3) is 4.21. The van der Waals surface area contributed by atoms with Crippen LogP contribution in [0.3, 0.4) is 0 Å². The Hall–Kier alpha value is -1.59. The van der Waals surface area contributed by atoms with Crippen molar-refractivity contribution in [2.75, 3.05) is 33.4 Å². The fraction of sp³-hybridized carbons (Fsp3) is 0.533. The number of hydrogen-bond acceptors (Lipinski definition) is 4. The molecule has 0 spiro atoms. The zero-order valence-corrected chi connectivity index (χ0v) is 11.7. The van der Waals surface area contributed by atoms with Gasteiger partial charge in [-0.05, 0) is 32.0 Å². The lowest BCUT2D eigenvalue weighted by molar-refractivity contribution is 0.0689. The molecule has 1 heterocycles. The summed E-state index contributed by atoms with van der Waals surface area (Å²) in [4.78, 5) is 13.2. The van der Waals surface area contributed by atoms with Crippen LogP contribution in [0.2, 0.25) is 0 Å². The number of nitrogens with zero attached hydrogens (tertiary/aromatic N) is 1. The number of benzene rings is 1. The summed E-state index contributed by atoms with van der Waals surface area (Å²) in [5.41, 5.74) is 0.203. The minimum absolute atomic E-state index is 0.203. The van der Waals surface area contributed by atoms with Crippen LogP contribution in [0.15, 0.2) is 24.3 Å². The quantitative estimate of drug-likeness (QED) is 0.825. The lowest BCUT2D eigenvalue weighted by Gasteiger charge is -2.20. The highest BCUT2D eigenvalue weighted by atomic mass is 16.5. The van der Waals surface area contributed by atoms with Crippen LogP contribution in [-0.2, 0) is 4.74 Å². The van der Waals surface area contributed by atoms with E-state index < -0.39 is 5.97 Å². The molecule has 0 bridgehead atoms. The van der Waals surface area contributed by atoms with Crippen molar-refractivity contribution in [3.05, 3.63) is 29.8 Å². The first-order valence-corrected chi connectivity index (χ1v) is 6.92. The Kier molecular flexibility index (Phi) is 5.38. The Labute approximate surface area is 119 Å². The number of ether oxygens (including phenoxy) is 2. The molecule has 5 nitrogen and oxygen atoms in total. The van der Waals surface area contributed by atoms with Gasteiger partial charge in [0.05, 0.1) is 6.10 Å². The molecule has 0 saturated carbocycles. The van der Waals surface area contributed by atoms with Gasteiger partial charge in [-0.25, -0.2) is 4.79 Å². The van der Waals surface area contributed by atoms with Crippen LogP contribution in [0.5, 0.6) is 5.75 Å². The summed E-state index contributed by atoms with van der Waals surface area (Å²) >= 11 is 0. The molecule has 1 saturated heterocycles. The van der Waals surface area contributed by atoms with Gasteiger partial charge in [-0.15, -0.1) is 0 Å². The van der Waals surface area contributed by atoms with Gasteiger partial charge < -0.3 is 19.5 Å². The van der Waals surface area contributed by atoms with Gasteiger partial charge in [-0.2, -0.15) is 0 Å². The monoisotopic (exact) mass is 279 g/mol. The number of likely N-dealkylation sites (N-methyl/N-ethyl adjacent to an activating group) is 1. The number of rotatable bonds is 7. The molecule has 1 aromatic carbocycles. The molecule has 0 aromatic heterocycles. The predicted molar refractivity (Wildman–Crippen MR) is 75.4 cm³/mol. The third-order valence-corrected chi connectivity index (χ3v) is 3.39. The first kappa shape index (κ1) is 14.8. The molecule has 1 aliphatic rings. The van der Waals surface area contributed by atoms with E-state index >= 15 is 0 Å². The number of carboxylic acid groups (broad SMARTS) is 1. The molecule has 0 amide bonds. The average molecular weight is 279 g/mol. The van der Waals surface area contributed by atoms with Crippen molar-refractivity contribution >= 4 is 5.97 Å². The third-order valence-electron chi connectivity index (χ3n) is 3.39. The SMILES string of the molecule is CN(CCOc1ccccc1C(=O)O)C[C@H]1CCCO1. The van der Waals surface area contributed by atoms with Crippen LogP contribution in [0.1, 0.15) is 23.2 Å². The van der Waals surface area contributed by atoms with Crippen molar-refractivity contribution in [1.29, 1.82) is 0 Å². The molecule has 0 unspecified atom stereocenters. The Bertz CT molecular complexity index is 443. The fourth-order valence-corrected chi connectivity index (χ4v) is 2.31. The molecular weight excluding hydrogens is 258 g/mol. The highest BCUT2D eigenvalue weighted by Gasteiger charge is 2.17. The molecule has 110 valence electrons. The topological polar surface area (TPSA) is 59.0 Å². The Morgan fingerprint density at radius 1 is 1.50 bits per heavy atom. The fourth-order valence-electron chi connectivity index (χ4n) is 2.31. The van der Waals surface area contributed by atoms with E-state index in [1.807, 2.05) is 7.05 Å². The molecule has 0 radical (unpaired) electrons. The van der Waals surface area contributed by atoms with Gasteiger partial charge in [0.1, 0.15) is 17.9 Å². The number of hydrogen-bond donors (Lipinski definition) is 1. The Balaban J connectivity index is 1.76. The van der Waals surface area contributed by atoms with Gasteiger partial charge in [0.25, 0.3) is 0 Å². The van der Waals surface area contributed by atoms with Crippen LogP contribution >= 0.6 is 0 Å². The van der Waals surface area contributed by atoms with Gasteiger partial charge in [0.15, 0.2) is 0 Å². The summed E-state index contributed by atoms with van der Waals surface area (Å²) in [5, 5.41) is 9.06. The van der Waals surface area contributed by atoms with Crippen LogP contribution in [0, 0.1) is 0 Å². The van der Waals surface area contributed by atoms with Gasteiger partial charge in [-0.3, -0.25) is 0 Å².